The van der Waals surface area contributed by atoms with Crippen LogP contribution in [0.5, 0.6) is 0 Å². The van der Waals surface area contributed by atoms with Crippen molar-refractivity contribution < 1.29 is 0 Å². The molecule has 0 N–H and O–H groups in total. The first-order chi connectivity index (χ1) is 30.8. The molecule has 0 aliphatic rings. The summed E-state index contributed by atoms with van der Waals surface area (Å²) in [6, 6.07) is 88.6. The van der Waals surface area contributed by atoms with E-state index < -0.39 is 0 Å². The van der Waals surface area contributed by atoms with Gasteiger partial charge in [-0.15, -0.1) is 0 Å². The van der Waals surface area contributed by atoms with Gasteiger partial charge in [-0.1, -0.05) is 182 Å². The molecule has 0 saturated heterocycles. The van der Waals surface area contributed by atoms with Crippen LogP contribution < -0.4 is 4.90 Å². The monoisotopic (exact) mass is 788 g/mol. The third kappa shape index (κ3) is 5.88. The number of fused-ring (bicyclic) bond motifs is 7. The maximum absolute atomic E-state index is 2.45. The average Bonchev–Trinajstić information content (AvgIpc) is 3.68. The lowest BCUT2D eigenvalue weighted by Crippen LogP contribution is -2.10. The van der Waals surface area contributed by atoms with Crippen LogP contribution in [0.1, 0.15) is 0 Å². The number of hydrogen-bond donors (Lipinski definition) is 0. The van der Waals surface area contributed by atoms with Gasteiger partial charge in [0.15, 0.2) is 0 Å². The summed E-state index contributed by atoms with van der Waals surface area (Å²) < 4.78 is 2.39. The molecule has 0 aliphatic carbocycles. The van der Waals surface area contributed by atoms with Gasteiger partial charge in [0.2, 0.25) is 0 Å². The Morgan fingerprint density at radius 2 is 0.774 bits per heavy atom. The maximum Gasteiger partial charge on any atom is 0.0542 e. The van der Waals surface area contributed by atoms with Gasteiger partial charge in [-0.2, -0.15) is 0 Å². The highest BCUT2D eigenvalue weighted by Crippen LogP contribution is 2.48. The molecule has 1 aromatic heterocycles. The molecular formula is C60H40N2. The fourth-order valence-corrected chi connectivity index (χ4v) is 9.82. The predicted octanol–water partition coefficient (Wildman–Crippen LogP) is 16.7. The topological polar surface area (TPSA) is 8.17 Å². The van der Waals surface area contributed by atoms with Crippen LogP contribution in [0.15, 0.2) is 243 Å². The van der Waals surface area contributed by atoms with E-state index in [1.807, 2.05) is 0 Å². The van der Waals surface area contributed by atoms with Crippen molar-refractivity contribution in [3.05, 3.63) is 243 Å². The minimum absolute atomic E-state index is 1.09. The quantitative estimate of drug-likeness (QED) is 0.146. The van der Waals surface area contributed by atoms with Gasteiger partial charge >= 0.3 is 0 Å². The number of aromatic nitrogens is 1. The highest BCUT2D eigenvalue weighted by Gasteiger charge is 2.22. The van der Waals surface area contributed by atoms with Crippen molar-refractivity contribution in [2.75, 3.05) is 4.90 Å². The smallest absolute Gasteiger partial charge is 0.0542 e. The zero-order chi connectivity index (χ0) is 41.0. The first kappa shape index (κ1) is 35.7. The zero-order valence-electron chi connectivity index (χ0n) is 34.0. The molecule has 0 saturated carbocycles. The first-order valence-corrected chi connectivity index (χ1v) is 21.3. The van der Waals surface area contributed by atoms with Gasteiger partial charge in [0, 0.05) is 33.5 Å². The molecule has 0 spiro atoms. The Balaban J connectivity index is 1.15. The number of anilines is 3. The van der Waals surface area contributed by atoms with Crippen LogP contribution in [-0.2, 0) is 0 Å². The second kappa shape index (κ2) is 14.8. The molecule has 0 aliphatic heterocycles. The van der Waals surface area contributed by atoms with E-state index in [-0.39, 0.29) is 0 Å². The average molecular weight is 789 g/mol. The molecule has 12 aromatic rings. The number of nitrogens with zero attached hydrogens (tertiary/aromatic N) is 2. The van der Waals surface area contributed by atoms with E-state index in [1.165, 1.54) is 87.5 Å². The molecule has 2 nitrogen and oxygen atoms in total. The van der Waals surface area contributed by atoms with E-state index in [0.29, 0.717) is 0 Å². The van der Waals surface area contributed by atoms with E-state index in [9.17, 15) is 0 Å². The molecule has 0 fully saturated rings. The fourth-order valence-electron chi connectivity index (χ4n) is 9.82. The van der Waals surface area contributed by atoms with Gasteiger partial charge in [0.05, 0.1) is 11.0 Å². The van der Waals surface area contributed by atoms with Crippen LogP contribution in [-0.4, -0.2) is 4.57 Å². The molecule has 62 heavy (non-hydrogen) atoms. The minimum Gasteiger partial charge on any atom is -0.310 e. The largest absolute Gasteiger partial charge is 0.310 e. The lowest BCUT2D eigenvalue weighted by atomic mass is 9.85. The maximum atomic E-state index is 2.45. The zero-order valence-corrected chi connectivity index (χ0v) is 34.0. The summed E-state index contributed by atoms with van der Waals surface area (Å²) in [6.07, 6.45) is 0. The summed E-state index contributed by atoms with van der Waals surface area (Å²) in [5, 5.41) is 9.84. The van der Waals surface area contributed by atoms with Crippen LogP contribution in [0.2, 0.25) is 0 Å². The molecule has 0 unspecified atom stereocenters. The Kier molecular flexibility index (Phi) is 8.53. The molecule has 0 amide bonds. The molecule has 11 aromatic carbocycles. The Morgan fingerprint density at radius 1 is 0.274 bits per heavy atom. The number of para-hydroxylation sites is 2. The van der Waals surface area contributed by atoms with E-state index in [1.54, 1.807) is 0 Å². The van der Waals surface area contributed by atoms with Crippen LogP contribution >= 0.6 is 0 Å². The lowest BCUT2D eigenvalue weighted by molar-refractivity contribution is 1.18. The molecule has 0 bridgehead atoms. The first-order valence-electron chi connectivity index (χ1n) is 21.3. The highest BCUT2D eigenvalue weighted by atomic mass is 15.1. The third-order valence-corrected chi connectivity index (χ3v) is 12.5. The van der Waals surface area contributed by atoms with E-state index in [2.05, 4.69) is 252 Å². The fraction of sp³-hybridized carbons (Fsp3) is 0. The van der Waals surface area contributed by atoms with Crippen LogP contribution in [0.4, 0.5) is 17.1 Å². The van der Waals surface area contributed by atoms with Crippen molar-refractivity contribution in [3.63, 3.8) is 0 Å². The van der Waals surface area contributed by atoms with Crippen molar-refractivity contribution in [3.8, 4) is 39.1 Å². The second-order valence-corrected chi connectivity index (χ2v) is 16.1. The van der Waals surface area contributed by atoms with Crippen molar-refractivity contribution >= 4 is 71.2 Å². The van der Waals surface area contributed by atoms with Gasteiger partial charge in [-0.05, 0) is 126 Å². The molecule has 1 heterocycles. The van der Waals surface area contributed by atoms with Crippen molar-refractivity contribution in [2.45, 2.75) is 0 Å². The second-order valence-electron chi connectivity index (χ2n) is 16.1. The van der Waals surface area contributed by atoms with E-state index in [0.717, 1.165) is 22.7 Å². The lowest BCUT2D eigenvalue weighted by Gasteiger charge is -2.27. The summed E-state index contributed by atoms with van der Waals surface area (Å²) in [4.78, 5) is 2.45. The Hall–Kier alpha value is -8.20. The molecule has 2 heteroatoms. The van der Waals surface area contributed by atoms with Crippen LogP contribution in [0.3, 0.4) is 0 Å². The molecule has 0 atom stereocenters. The SMILES string of the molecule is c1ccc(-c2c(-c3ccccc3)c3cc(N(c4cccc(-c5cccc6ccccc56)c4)c4ccc5c(c4)c4ccccc4n5-c4ccccc4)ccc3c3ccccc23)cc1. The molecular weight excluding hydrogens is 749 g/mol. The highest BCUT2D eigenvalue weighted by molar-refractivity contribution is 6.22. The van der Waals surface area contributed by atoms with E-state index >= 15 is 0 Å². The minimum atomic E-state index is 1.09. The Morgan fingerprint density at radius 3 is 1.53 bits per heavy atom. The summed E-state index contributed by atoms with van der Waals surface area (Å²) in [5.74, 6) is 0. The van der Waals surface area contributed by atoms with Gasteiger partial charge in [-0.25, -0.2) is 0 Å². The number of hydrogen-bond acceptors (Lipinski definition) is 1. The molecule has 0 radical (unpaired) electrons. The summed E-state index contributed by atoms with van der Waals surface area (Å²) >= 11 is 0. The van der Waals surface area contributed by atoms with Gasteiger partial charge < -0.3 is 9.47 Å². The summed E-state index contributed by atoms with van der Waals surface area (Å²) in [5.41, 5.74) is 14.1. The van der Waals surface area contributed by atoms with Crippen molar-refractivity contribution in [1.29, 1.82) is 0 Å². The number of benzene rings is 11. The van der Waals surface area contributed by atoms with E-state index in [4.69, 9.17) is 0 Å². The predicted molar refractivity (Wildman–Crippen MR) is 264 cm³/mol. The van der Waals surface area contributed by atoms with Crippen molar-refractivity contribution in [2.24, 2.45) is 0 Å². The van der Waals surface area contributed by atoms with Gasteiger partial charge in [0.1, 0.15) is 0 Å². The normalized spacial score (nSPS) is 11.5. The Bertz CT molecular complexity index is 3620. The van der Waals surface area contributed by atoms with Gasteiger partial charge in [0.25, 0.3) is 0 Å². The standard InChI is InChI=1S/C60H40N2/c1-4-19-42(20-5-1)59-54-31-13-12-29-51(54)52-36-34-47(40-56(52)60(59)43-21-6-2-7-22-43)61(46-27-16-24-44(38-46)50-32-17-23-41-18-10-11-28-49(41)50)48-35-37-58-55(39-48)53-30-14-15-33-57(53)62(58)45-25-8-3-9-26-45/h1-40H. The van der Waals surface area contributed by atoms with Crippen molar-refractivity contribution in [1.82, 2.24) is 4.57 Å². The summed E-state index contributed by atoms with van der Waals surface area (Å²) in [6.45, 7) is 0. The van der Waals surface area contributed by atoms with Crippen LogP contribution in [0, 0.1) is 0 Å². The van der Waals surface area contributed by atoms with Crippen LogP contribution in [0.25, 0.3) is 93.2 Å². The molecule has 290 valence electrons. The number of rotatable bonds is 7. The van der Waals surface area contributed by atoms with Gasteiger partial charge in [-0.3, -0.25) is 0 Å². The summed E-state index contributed by atoms with van der Waals surface area (Å²) in [7, 11) is 0. The molecule has 12 rings (SSSR count). The Labute approximate surface area is 360 Å². The third-order valence-electron chi connectivity index (χ3n) is 12.5.